The van der Waals surface area contributed by atoms with E-state index >= 15 is 0 Å². The van der Waals surface area contributed by atoms with Crippen LogP contribution in [0.4, 0.5) is 0 Å². The number of rotatable bonds is 8. The van der Waals surface area contributed by atoms with E-state index in [-0.39, 0.29) is 17.7 Å². The summed E-state index contributed by atoms with van der Waals surface area (Å²) < 4.78 is 0. The minimum Gasteiger partial charge on any atom is -0.343 e. The molecule has 0 heterocycles. The van der Waals surface area contributed by atoms with Gasteiger partial charge in [0.15, 0.2) is 0 Å². The zero-order valence-corrected chi connectivity index (χ0v) is 18.8. The molecule has 0 radical (unpaired) electrons. The topological polar surface area (TPSA) is 70.6 Å². The van der Waals surface area contributed by atoms with Crippen LogP contribution in [-0.2, 0) is 9.59 Å². The van der Waals surface area contributed by atoms with E-state index in [0.717, 1.165) is 16.7 Å². The fourth-order valence-corrected chi connectivity index (χ4v) is 3.47. The molecule has 0 saturated carbocycles. The smallest absolute Gasteiger partial charge is 0.262 e. The first kappa shape index (κ1) is 23.2. The highest BCUT2D eigenvalue weighted by Gasteiger charge is 2.29. The SMILES string of the molecule is CC(C)C(NC(=O)C(c1ccccc1)c1ccccc1)C(=O)N/N=C/c1ccc(Cl)cc1. The third-order valence-electron chi connectivity index (χ3n) is 5.03. The Morgan fingerprint density at radius 3 is 1.84 bits per heavy atom. The summed E-state index contributed by atoms with van der Waals surface area (Å²) in [5.41, 5.74) is 5.05. The number of hydrazone groups is 1. The average molecular weight is 448 g/mol. The van der Waals surface area contributed by atoms with Gasteiger partial charge in [-0.05, 0) is 34.7 Å². The number of amides is 2. The molecule has 0 aliphatic rings. The molecule has 3 rings (SSSR count). The zero-order valence-electron chi connectivity index (χ0n) is 18.0. The fraction of sp³-hybridized carbons (Fsp3) is 0.192. The Hall–Kier alpha value is -3.44. The van der Waals surface area contributed by atoms with Crippen LogP contribution in [0.2, 0.25) is 5.02 Å². The van der Waals surface area contributed by atoms with Gasteiger partial charge in [0.25, 0.3) is 5.91 Å². The molecular formula is C26H26ClN3O2. The maximum absolute atomic E-state index is 13.3. The van der Waals surface area contributed by atoms with Crippen LogP contribution in [-0.4, -0.2) is 24.1 Å². The van der Waals surface area contributed by atoms with E-state index < -0.39 is 12.0 Å². The highest BCUT2D eigenvalue weighted by atomic mass is 35.5. The number of nitrogens with one attached hydrogen (secondary N) is 2. The normalized spacial score (nSPS) is 12.2. The monoisotopic (exact) mass is 447 g/mol. The Labute approximate surface area is 193 Å². The minimum atomic E-state index is -0.736. The number of hydrogen-bond acceptors (Lipinski definition) is 3. The summed E-state index contributed by atoms with van der Waals surface area (Å²) in [6.45, 7) is 3.76. The molecule has 0 aromatic heterocycles. The minimum absolute atomic E-state index is 0.128. The first-order chi connectivity index (χ1) is 15.5. The molecule has 0 fully saturated rings. The van der Waals surface area contributed by atoms with E-state index in [1.54, 1.807) is 24.3 Å². The Morgan fingerprint density at radius 1 is 0.812 bits per heavy atom. The van der Waals surface area contributed by atoms with E-state index in [9.17, 15) is 9.59 Å². The summed E-state index contributed by atoms with van der Waals surface area (Å²) in [7, 11) is 0. The van der Waals surface area contributed by atoms with Gasteiger partial charge in [0, 0.05) is 5.02 Å². The number of nitrogens with zero attached hydrogens (tertiary/aromatic N) is 1. The molecule has 0 saturated heterocycles. The number of benzene rings is 3. The van der Waals surface area contributed by atoms with E-state index in [1.807, 2.05) is 74.5 Å². The van der Waals surface area contributed by atoms with Gasteiger partial charge < -0.3 is 5.32 Å². The van der Waals surface area contributed by atoms with Crippen LogP contribution in [0.1, 0.15) is 36.5 Å². The molecule has 2 N–H and O–H groups in total. The van der Waals surface area contributed by atoms with Gasteiger partial charge >= 0.3 is 0 Å². The molecule has 0 bridgehead atoms. The van der Waals surface area contributed by atoms with E-state index in [4.69, 9.17) is 11.6 Å². The molecular weight excluding hydrogens is 422 g/mol. The molecule has 3 aromatic rings. The van der Waals surface area contributed by atoms with Crippen molar-refractivity contribution in [1.29, 1.82) is 0 Å². The summed E-state index contributed by atoms with van der Waals surface area (Å²) in [4.78, 5) is 26.1. The molecule has 0 aliphatic carbocycles. The second kappa shape index (κ2) is 11.3. The van der Waals surface area contributed by atoms with Crippen molar-refractivity contribution in [1.82, 2.24) is 10.7 Å². The molecule has 2 amide bonds. The highest BCUT2D eigenvalue weighted by molar-refractivity contribution is 6.30. The molecule has 5 nitrogen and oxygen atoms in total. The van der Waals surface area contributed by atoms with Gasteiger partial charge in [-0.25, -0.2) is 5.43 Å². The van der Waals surface area contributed by atoms with Crippen LogP contribution < -0.4 is 10.7 Å². The maximum Gasteiger partial charge on any atom is 0.262 e. The van der Waals surface area contributed by atoms with E-state index in [2.05, 4.69) is 15.8 Å². The summed E-state index contributed by atoms with van der Waals surface area (Å²) in [5.74, 6) is -1.27. The third kappa shape index (κ3) is 6.28. The molecule has 164 valence electrons. The lowest BCUT2D eigenvalue weighted by Crippen LogP contribution is -2.50. The number of carbonyl (C=O) groups excluding carboxylic acids is 2. The molecule has 32 heavy (non-hydrogen) atoms. The van der Waals surface area contributed by atoms with Crippen molar-refractivity contribution in [3.63, 3.8) is 0 Å². The van der Waals surface area contributed by atoms with Crippen molar-refractivity contribution in [3.05, 3.63) is 107 Å². The van der Waals surface area contributed by atoms with Gasteiger partial charge in [-0.15, -0.1) is 0 Å². The average Bonchev–Trinajstić information content (AvgIpc) is 2.80. The number of carbonyl (C=O) groups is 2. The second-order valence-corrected chi connectivity index (χ2v) is 8.21. The summed E-state index contributed by atoms with van der Waals surface area (Å²) in [6, 6.07) is 25.4. The van der Waals surface area contributed by atoms with Gasteiger partial charge in [0.05, 0.1) is 12.1 Å². The van der Waals surface area contributed by atoms with Gasteiger partial charge in [-0.2, -0.15) is 5.10 Å². The van der Waals surface area contributed by atoms with Crippen LogP contribution in [0.5, 0.6) is 0 Å². The maximum atomic E-state index is 13.3. The molecule has 6 heteroatoms. The highest BCUT2D eigenvalue weighted by Crippen LogP contribution is 2.25. The molecule has 3 aromatic carbocycles. The van der Waals surface area contributed by atoms with Crippen LogP contribution in [0.25, 0.3) is 0 Å². The Balaban J connectivity index is 1.75. The van der Waals surface area contributed by atoms with Crippen LogP contribution in [0, 0.1) is 5.92 Å². The summed E-state index contributed by atoms with van der Waals surface area (Å²) in [5, 5.41) is 7.58. The van der Waals surface area contributed by atoms with Crippen molar-refractivity contribution in [2.24, 2.45) is 11.0 Å². The van der Waals surface area contributed by atoms with Crippen molar-refractivity contribution in [2.45, 2.75) is 25.8 Å². The van der Waals surface area contributed by atoms with Crippen molar-refractivity contribution in [3.8, 4) is 0 Å². The van der Waals surface area contributed by atoms with E-state index in [0.29, 0.717) is 5.02 Å². The zero-order chi connectivity index (χ0) is 22.9. The lowest BCUT2D eigenvalue weighted by atomic mass is 9.89. The lowest BCUT2D eigenvalue weighted by molar-refractivity contribution is -0.130. The van der Waals surface area contributed by atoms with Gasteiger partial charge in [-0.3, -0.25) is 9.59 Å². The largest absolute Gasteiger partial charge is 0.343 e. The standard InChI is InChI=1S/C26H26ClN3O2/c1-18(2)24(26(32)30-28-17-19-13-15-22(27)16-14-19)29-25(31)23(20-9-5-3-6-10-20)21-11-7-4-8-12-21/h3-18,23-24H,1-2H3,(H,29,31)(H,30,32)/b28-17+. The fourth-order valence-electron chi connectivity index (χ4n) is 3.35. The predicted octanol–water partition coefficient (Wildman–Crippen LogP) is 4.76. The Bertz CT molecular complexity index is 1010. The lowest BCUT2D eigenvalue weighted by Gasteiger charge is -2.24. The summed E-state index contributed by atoms with van der Waals surface area (Å²) >= 11 is 5.88. The second-order valence-electron chi connectivity index (χ2n) is 7.77. The van der Waals surface area contributed by atoms with Crippen LogP contribution >= 0.6 is 11.6 Å². The van der Waals surface area contributed by atoms with Crippen molar-refractivity contribution < 1.29 is 9.59 Å². The van der Waals surface area contributed by atoms with Gasteiger partial charge in [0.2, 0.25) is 5.91 Å². The van der Waals surface area contributed by atoms with E-state index in [1.165, 1.54) is 6.21 Å². The Morgan fingerprint density at radius 2 is 1.34 bits per heavy atom. The Kier molecular flexibility index (Phi) is 8.17. The predicted molar refractivity (Wildman–Crippen MR) is 129 cm³/mol. The molecule has 0 spiro atoms. The van der Waals surface area contributed by atoms with Crippen LogP contribution in [0.15, 0.2) is 90.0 Å². The van der Waals surface area contributed by atoms with Crippen LogP contribution in [0.3, 0.4) is 0 Å². The van der Waals surface area contributed by atoms with Gasteiger partial charge in [-0.1, -0.05) is 98.2 Å². The van der Waals surface area contributed by atoms with Gasteiger partial charge in [0.1, 0.15) is 6.04 Å². The molecule has 0 aliphatic heterocycles. The molecule has 1 unspecified atom stereocenters. The quantitative estimate of drug-likeness (QED) is 0.386. The van der Waals surface area contributed by atoms with Crippen molar-refractivity contribution >= 4 is 29.6 Å². The number of halogens is 1. The van der Waals surface area contributed by atoms with Crippen molar-refractivity contribution in [2.75, 3.05) is 0 Å². The third-order valence-corrected chi connectivity index (χ3v) is 5.29. The molecule has 1 atom stereocenters. The first-order valence-electron chi connectivity index (χ1n) is 10.4. The first-order valence-corrected chi connectivity index (χ1v) is 10.8. The summed E-state index contributed by atoms with van der Waals surface area (Å²) in [6.07, 6.45) is 1.53. The number of hydrogen-bond donors (Lipinski definition) is 2.